The fourth-order valence-corrected chi connectivity index (χ4v) is 1.65. The standard InChI is InChI=1S/C14H22O2/c1-14(2,3)12-8-6-11(7-9-12)13(16-5)10-15-4/h6-9,13H,10H2,1-5H3. The third-order valence-electron chi connectivity index (χ3n) is 2.75. The van der Waals surface area contributed by atoms with Crippen molar-refractivity contribution in [2.24, 2.45) is 0 Å². The molecule has 1 rings (SSSR count). The van der Waals surface area contributed by atoms with E-state index in [-0.39, 0.29) is 11.5 Å². The molecule has 0 heterocycles. The van der Waals surface area contributed by atoms with Crippen molar-refractivity contribution in [1.82, 2.24) is 0 Å². The van der Waals surface area contributed by atoms with Crippen LogP contribution in [0.25, 0.3) is 0 Å². The Morgan fingerprint density at radius 1 is 1.06 bits per heavy atom. The summed E-state index contributed by atoms with van der Waals surface area (Å²) in [5.41, 5.74) is 2.70. The Labute approximate surface area is 98.6 Å². The molecular weight excluding hydrogens is 200 g/mol. The highest BCUT2D eigenvalue weighted by atomic mass is 16.5. The third kappa shape index (κ3) is 3.32. The van der Waals surface area contributed by atoms with Gasteiger partial charge in [-0.05, 0) is 16.5 Å². The lowest BCUT2D eigenvalue weighted by atomic mass is 9.86. The Balaban J connectivity index is 2.85. The Morgan fingerprint density at radius 2 is 1.62 bits per heavy atom. The van der Waals surface area contributed by atoms with Gasteiger partial charge >= 0.3 is 0 Å². The molecule has 0 aromatic heterocycles. The van der Waals surface area contributed by atoms with Gasteiger partial charge in [0, 0.05) is 14.2 Å². The first-order chi connectivity index (χ1) is 7.49. The summed E-state index contributed by atoms with van der Waals surface area (Å²) in [6.07, 6.45) is 0.0269. The van der Waals surface area contributed by atoms with Crippen LogP contribution in [-0.4, -0.2) is 20.8 Å². The van der Waals surface area contributed by atoms with Gasteiger partial charge in [0.15, 0.2) is 0 Å². The molecule has 0 radical (unpaired) electrons. The van der Waals surface area contributed by atoms with E-state index < -0.39 is 0 Å². The number of methoxy groups -OCH3 is 2. The SMILES string of the molecule is COCC(OC)c1ccc(C(C)(C)C)cc1. The summed E-state index contributed by atoms with van der Waals surface area (Å²) in [6, 6.07) is 8.57. The molecule has 0 saturated carbocycles. The maximum atomic E-state index is 5.38. The van der Waals surface area contributed by atoms with Crippen molar-refractivity contribution in [3.63, 3.8) is 0 Å². The highest BCUT2D eigenvalue weighted by Crippen LogP contribution is 2.24. The van der Waals surface area contributed by atoms with E-state index in [0.717, 1.165) is 5.56 Å². The van der Waals surface area contributed by atoms with Gasteiger partial charge in [0.05, 0.1) is 6.61 Å². The summed E-state index contributed by atoms with van der Waals surface area (Å²) in [4.78, 5) is 0. The van der Waals surface area contributed by atoms with Crippen LogP contribution in [-0.2, 0) is 14.9 Å². The summed E-state index contributed by atoms with van der Waals surface area (Å²) in [7, 11) is 3.40. The van der Waals surface area contributed by atoms with Gasteiger partial charge in [-0.25, -0.2) is 0 Å². The molecule has 2 nitrogen and oxygen atoms in total. The fraction of sp³-hybridized carbons (Fsp3) is 0.571. The smallest absolute Gasteiger partial charge is 0.105 e. The van der Waals surface area contributed by atoms with Crippen molar-refractivity contribution in [1.29, 1.82) is 0 Å². The lowest BCUT2D eigenvalue weighted by molar-refractivity contribution is 0.0274. The van der Waals surface area contributed by atoms with E-state index in [9.17, 15) is 0 Å². The number of rotatable bonds is 4. The van der Waals surface area contributed by atoms with E-state index in [0.29, 0.717) is 6.61 Å². The molecule has 0 amide bonds. The van der Waals surface area contributed by atoms with Crippen molar-refractivity contribution >= 4 is 0 Å². The van der Waals surface area contributed by atoms with E-state index in [1.54, 1.807) is 14.2 Å². The molecule has 0 aliphatic heterocycles. The van der Waals surface area contributed by atoms with Gasteiger partial charge in [0.2, 0.25) is 0 Å². The van der Waals surface area contributed by atoms with E-state index in [1.165, 1.54) is 5.56 Å². The molecule has 90 valence electrons. The maximum absolute atomic E-state index is 5.38. The van der Waals surface area contributed by atoms with Gasteiger partial charge in [-0.1, -0.05) is 45.0 Å². The molecule has 0 fully saturated rings. The van der Waals surface area contributed by atoms with Gasteiger partial charge in [-0.3, -0.25) is 0 Å². The molecule has 0 aliphatic rings. The van der Waals surface area contributed by atoms with Crippen LogP contribution in [0.15, 0.2) is 24.3 Å². The molecule has 1 unspecified atom stereocenters. The van der Waals surface area contributed by atoms with E-state index in [2.05, 4.69) is 45.0 Å². The minimum Gasteiger partial charge on any atom is -0.382 e. The first kappa shape index (κ1) is 13.2. The van der Waals surface area contributed by atoms with E-state index in [4.69, 9.17) is 9.47 Å². The van der Waals surface area contributed by atoms with Crippen LogP contribution in [0.5, 0.6) is 0 Å². The number of ether oxygens (including phenoxy) is 2. The van der Waals surface area contributed by atoms with Crippen LogP contribution in [0, 0.1) is 0 Å². The highest BCUT2D eigenvalue weighted by molar-refractivity contribution is 5.28. The molecule has 0 spiro atoms. The molecule has 0 N–H and O–H groups in total. The van der Waals surface area contributed by atoms with Gasteiger partial charge in [0.25, 0.3) is 0 Å². The second-order valence-electron chi connectivity index (χ2n) is 5.05. The molecule has 2 heteroatoms. The van der Waals surface area contributed by atoms with Gasteiger partial charge in [0.1, 0.15) is 6.10 Å². The average molecular weight is 222 g/mol. The summed E-state index contributed by atoms with van der Waals surface area (Å²) < 4.78 is 10.5. The number of hydrogen-bond acceptors (Lipinski definition) is 2. The molecule has 1 aromatic carbocycles. The van der Waals surface area contributed by atoms with Crippen LogP contribution in [0.4, 0.5) is 0 Å². The van der Waals surface area contributed by atoms with Crippen molar-refractivity contribution in [3.05, 3.63) is 35.4 Å². The van der Waals surface area contributed by atoms with Gasteiger partial charge in [-0.2, -0.15) is 0 Å². The molecule has 0 bridgehead atoms. The van der Waals surface area contributed by atoms with Gasteiger partial charge in [-0.15, -0.1) is 0 Å². The highest BCUT2D eigenvalue weighted by Gasteiger charge is 2.15. The number of hydrogen-bond donors (Lipinski definition) is 0. The Hall–Kier alpha value is -0.860. The lowest BCUT2D eigenvalue weighted by Crippen LogP contribution is -2.12. The summed E-state index contributed by atoms with van der Waals surface area (Å²) in [5.74, 6) is 0. The zero-order valence-corrected chi connectivity index (χ0v) is 10.9. The number of benzene rings is 1. The predicted molar refractivity (Wildman–Crippen MR) is 66.8 cm³/mol. The zero-order chi connectivity index (χ0) is 12.2. The fourth-order valence-electron chi connectivity index (χ4n) is 1.65. The molecule has 0 aliphatic carbocycles. The van der Waals surface area contributed by atoms with Crippen molar-refractivity contribution < 1.29 is 9.47 Å². The minimum absolute atomic E-state index is 0.0269. The zero-order valence-electron chi connectivity index (χ0n) is 10.9. The molecule has 0 saturated heterocycles. The second kappa shape index (κ2) is 5.46. The normalized spacial score (nSPS) is 13.8. The molecule has 1 aromatic rings. The topological polar surface area (TPSA) is 18.5 Å². The van der Waals surface area contributed by atoms with Crippen LogP contribution in [0.2, 0.25) is 0 Å². The lowest BCUT2D eigenvalue weighted by Gasteiger charge is -2.20. The first-order valence-corrected chi connectivity index (χ1v) is 5.61. The Morgan fingerprint density at radius 3 is 2.00 bits per heavy atom. The van der Waals surface area contributed by atoms with Crippen molar-refractivity contribution in [2.75, 3.05) is 20.8 Å². The van der Waals surface area contributed by atoms with E-state index in [1.807, 2.05) is 0 Å². The summed E-state index contributed by atoms with van der Waals surface area (Å²) in [6.45, 7) is 7.23. The van der Waals surface area contributed by atoms with Crippen LogP contribution in [0.3, 0.4) is 0 Å². The first-order valence-electron chi connectivity index (χ1n) is 5.61. The maximum Gasteiger partial charge on any atom is 0.105 e. The van der Waals surface area contributed by atoms with Crippen LogP contribution < -0.4 is 0 Å². The second-order valence-corrected chi connectivity index (χ2v) is 5.05. The van der Waals surface area contributed by atoms with Crippen molar-refractivity contribution in [3.8, 4) is 0 Å². The average Bonchev–Trinajstić information content (AvgIpc) is 2.25. The minimum atomic E-state index is 0.0269. The summed E-state index contributed by atoms with van der Waals surface area (Å²) in [5, 5.41) is 0. The van der Waals surface area contributed by atoms with E-state index >= 15 is 0 Å². The molecule has 1 atom stereocenters. The monoisotopic (exact) mass is 222 g/mol. The Kier molecular flexibility index (Phi) is 4.51. The predicted octanol–water partition coefficient (Wildman–Crippen LogP) is 3.32. The van der Waals surface area contributed by atoms with Crippen LogP contribution >= 0.6 is 0 Å². The Bertz CT molecular complexity index is 309. The summed E-state index contributed by atoms with van der Waals surface area (Å²) >= 11 is 0. The molecular formula is C14H22O2. The van der Waals surface area contributed by atoms with Crippen molar-refractivity contribution in [2.45, 2.75) is 32.3 Å². The van der Waals surface area contributed by atoms with Crippen LogP contribution in [0.1, 0.15) is 38.0 Å². The van der Waals surface area contributed by atoms with Gasteiger partial charge < -0.3 is 9.47 Å². The quantitative estimate of drug-likeness (QED) is 0.778. The third-order valence-corrected chi connectivity index (χ3v) is 2.75. The molecule has 16 heavy (non-hydrogen) atoms. The largest absolute Gasteiger partial charge is 0.382 e.